The van der Waals surface area contributed by atoms with E-state index in [4.69, 9.17) is 0 Å². The molecule has 0 bridgehead atoms. The van der Waals surface area contributed by atoms with Gasteiger partial charge in [0.2, 0.25) is 0 Å². The summed E-state index contributed by atoms with van der Waals surface area (Å²) < 4.78 is 49.4. The Labute approximate surface area is 162 Å². The minimum Gasteiger partial charge on any atom is -1.00 e. The normalized spacial score (nSPS) is 11.6. The van der Waals surface area contributed by atoms with E-state index < -0.39 is 20.0 Å². The molecule has 0 unspecified atom stereocenters. The Balaban J connectivity index is 0.00000200. The first kappa shape index (κ1) is 18.0. The predicted molar refractivity (Wildman–Crippen MR) is 71.5 cm³/mol. The molecule has 0 amide bonds. The topological polar surface area (TPSA) is 80.3 Å². The fraction of sp³-hybridized carbons (Fsp3) is 0. The van der Waals surface area contributed by atoms with Gasteiger partial charge in [0, 0.05) is 0 Å². The van der Waals surface area contributed by atoms with Crippen molar-refractivity contribution >= 4 is 20.0 Å². The number of hydrogen-bond acceptors (Lipinski definition) is 4. The predicted octanol–water partition coefficient (Wildman–Crippen LogP) is -1.53. The molecule has 0 aliphatic rings. The van der Waals surface area contributed by atoms with Gasteiger partial charge in [-0.15, -0.1) is 4.13 Å². The Morgan fingerprint density at radius 1 is 0.650 bits per heavy atom. The zero-order chi connectivity index (χ0) is 13.9. The summed E-state index contributed by atoms with van der Waals surface area (Å²) >= 11 is 0. The van der Waals surface area contributed by atoms with E-state index in [2.05, 4.69) is 0 Å². The van der Waals surface area contributed by atoms with Crippen molar-refractivity contribution in [2.75, 3.05) is 0 Å². The summed E-state index contributed by atoms with van der Waals surface area (Å²) in [6.45, 7) is 0. The zero-order valence-corrected chi connectivity index (χ0v) is 15.5. The van der Waals surface area contributed by atoms with Crippen molar-refractivity contribution in [1.82, 2.24) is 4.13 Å². The molecule has 2 aromatic carbocycles. The first-order valence-corrected chi connectivity index (χ1v) is 8.27. The van der Waals surface area contributed by atoms with Gasteiger partial charge in [-0.25, -0.2) is 16.8 Å². The van der Waals surface area contributed by atoms with Gasteiger partial charge in [0.05, 0.1) is 9.79 Å². The quantitative estimate of drug-likeness (QED) is 0.687. The second kappa shape index (κ2) is 7.28. The maximum absolute atomic E-state index is 11.9. The third kappa shape index (κ3) is 4.47. The van der Waals surface area contributed by atoms with E-state index in [0.717, 1.165) is 0 Å². The second-order valence-corrected chi connectivity index (χ2v) is 7.34. The molecule has 8 heteroatoms. The third-order valence-electron chi connectivity index (χ3n) is 2.33. The molecule has 0 aromatic heterocycles. The number of nitrogens with one attached hydrogen (secondary N) is 1. The summed E-state index contributed by atoms with van der Waals surface area (Å²) in [5, 5.41) is 0. The fourth-order valence-electron chi connectivity index (χ4n) is 1.44. The summed E-state index contributed by atoms with van der Waals surface area (Å²) in [7, 11) is -8.21. The standard InChI is InChI=1S/C12H11NO4S2.K.H/c14-18(15,11-7-3-1-4-8-11)13-19(16,17)12-9-5-2-6-10-12;;/h1-10,13H;;/q;+1;-1. The Morgan fingerprint density at radius 3 is 1.25 bits per heavy atom. The summed E-state index contributed by atoms with van der Waals surface area (Å²) in [5.74, 6) is 0. The van der Waals surface area contributed by atoms with E-state index in [-0.39, 0.29) is 62.6 Å². The van der Waals surface area contributed by atoms with Crippen molar-refractivity contribution in [3.8, 4) is 0 Å². The van der Waals surface area contributed by atoms with Crippen molar-refractivity contribution in [3.05, 3.63) is 60.7 Å². The molecule has 0 radical (unpaired) electrons. The van der Waals surface area contributed by atoms with Crippen LogP contribution in [0.3, 0.4) is 0 Å². The number of hydrogen-bond donors (Lipinski definition) is 1. The van der Waals surface area contributed by atoms with Gasteiger partial charge in [-0.1, -0.05) is 36.4 Å². The molecule has 0 spiro atoms. The molecule has 102 valence electrons. The van der Waals surface area contributed by atoms with Crippen LogP contribution in [0.2, 0.25) is 0 Å². The molecule has 2 aromatic rings. The smallest absolute Gasteiger partial charge is 1.00 e. The summed E-state index contributed by atoms with van der Waals surface area (Å²) in [5.41, 5.74) is 0. The van der Waals surface area contributed by atoms with Crippen LogP contribution in [0, 0.1) is 0 Å². The van der Waals surface area contributed by atoms with Crippen LogP contribution in [0.25, 0.3) is 0 Å². The van der Waals surface area contributed by atoms with Crippen LogP contribution in [0.4, 0.5) is 0 Å². The molecule has 20 heavy (non-hydrogen) atoms. The average molecular weight is 337 g/mol. The van der Waals surface area contributed by atoms with Crippen molar-refractivity contribution in [2.24, 2.45) is 0 Å². The SMILES string of the molecule is O=S(=O)(NS(=O)(=O)c1ccccc1)c1ccccc1.[H-].[K+]. The third-order valence-corrected chi connectivity index (χ3v) is 5.87. The van der Waals surface area contributed by atoms with Gasteiger partial charge < -0.3 is 1.43 Å². The summed E-state index contributed by atoms with van der Waals surface area (Å²) in [4.78, 5) is -0.205. The molecule has 0 atom stereocenters. The Bertz CT molecular complexity index is 698. The number of sulfonamides is 2. The monoisotopic (exact) mass is 337 g/mol. The maximum Gasteiger partial charge on any atom is 1.00 e. The fourth-order valence-corrected chi connectivity index (χ4v) is 4.40. The van der Waals surface area contributed by atoms with Gasteiger partial charge in [-0.3, -0.25) is 0 Å². The van der Waals surface area contributed by atoms with E-state index in [1.54, 1.807) is 16.3 Å². The van der Waals surface area contributed by atoms with Gasteiger partial charge >= 0.3 is 51.4 Å². The van der Waals surface area contributed by atoms with Gasteiger partial charge in [-0.2, -0.15) is 0 Å². The first-order valence-electron chi connectivity index (χ1n) is 5.30. The molecule has 0 saturated heterocycles. The van der Waals surface area contributed by atoms with Crippen LogP contribution in [-0.4, -0.2) is 16.8 Å². The summed E-state index contributed by atoms with van der Waals surface area (Å²) in [6, 6.07) is 14.6. The zero-order valence-electron chi connectivity index (χ0n) is 11.7. The number of rotatable bonds is 4. The van der Waals surface area contributed by atoms with Crippen LogP contribution in [-0.2, 0) is 20.0 Å². The molecule has 0 saturated carbocycles. The number of benzene rings is 2. The molecule has 0 aliphatic heterocycles. The molecule has 0 heterocycles. The van der Waals surface area contributed by atoms with Gasteiger partial charge in [-0.05, 0) is 24.3 Å². The van der Waals surface area contributed by atoms with Crippen LogP contribution < -0.4 is 55.5 Å². The van der Waals surface area contributed by atoms with E-state index in [1.165, 1.54) is 48.5 Å². The molecule has 0 aliphatic carbocycles. The minimum absolute atomic E-state index is 0. The van der Waals surface area contributed by atoms with Crippen LogP contribution in [0.1, 0.15) is 1.43 Å². The van der Waals surface area contributed by atoms with Gasteiger partial charge in [0.25, 0.3) is 20.0 Å². The van der Waals surface area contributed by atoms with Crippen LogP contribution >= 0.6 is 0 Å². The van der Waals surface area contributed by atoms with Crippen molar-refractivity contribution < 1.29 is 69.6 Å². The maximum atomic E-state index is 11.9. The van der Waals surface area contributed by atoms with E-state index in [0.29, 0.717) is 0 Å². The van der Waals surface area contributed by atoms with E-state index in [1.807, 2.05) is 0 Å². The van der Waals surface area contributed by atoms with Crippen molar-refractivity contribution in [1.29, 1.82) is 0 Å². The van der Waals surface area contributed by atoms with Crippen LogP contribution in [0.5, 0.6) is 0 Å². The second-order valence-electron chi connectivity index (χ2n) is 3.72. The molecule has 2 rings (SSSR count). The van der Waals surface area contributed by atoms with Gasteiger partial charge in [0.15, 0.2) is 0 Å². The minimum atomic E-state index is -4.10. The Hall–Kier alpha value is -0.0636. The van der Waals surface area contributed by atoms with E-state index >= 15 is 0 Å². The first-order chi connectivity index (χ1) is 8.92. The molecule has 0 fully saturated rings. The van der Waals surface area contributed by atoms with Crippen LogP contribution in [0.15, 0.2) is 70.5 Å². The molecule has 1 N–H and O–H groups in total. The molecular formula is C12H12KNO4S2. The van der Waals surface area contributed by atoms with Gasteiger partial charge in [0.1, 0.15) is 0 Å². The Kier molecular flexibility index (Phi) is 6.54. The molecule has 5 nitrogen and oxygen atoms in total. The molecular weight excluding hydrogens is 325 g/mol. The largest absolute Gasteiger partial charge is 1.00 e. The van der Waals surface area contributed by atoms with E-state index in [9.17, 15) is 16.8 Å². The van der Waals surface area contributed by atoms with Crippen molar-refractivity contribution in [2.45, 2.75) is 9.79 Å². The Morgan fingerprint density at radius 2 is 0.950 bits per heavy atom. The average Bonchev–Trinajstić information content (AvgIpc) is 2.40. The van der Waals surface area contributed by atoms with Crippen molar-refractivity contribution in [3.63, 3.8) is 0 Å². The summed E-state index contributed by atoms with van der Waals surface area (Å²) in [6.07, 6.45) is 0.